The van der Waals surface area contributed by atoms with Crippen LogP contribution < -0.4 is 0 Å². The van der Waals surface area contributed by atoms with Crippen molar-refractivity contribution >= 4 is 12.0 Å². The van der Waals surface area contributed by atoms with Crippen molar-refractivity contribution in [2.24, 2.45) is 0 Å². The molecule has 0 saturated heterocycles. The minimum absolute atomic E-state index is 0.279. The smallest absolute Gasteiger partial charge is 0.333 e. The third kappa shape index (κ3) is 3.31. The zero-order valence-corrected chi connectivity index (χ0v) is 11.0. The zero-order valence-electron chi connectivity index (χ0n) is 11.0. The first-order valence-electron chi connectivity index (χ1n) is 6.16. The molecule has 0 aliphatic rings. The van der Waals surface area contributed by atoms with Gasteiger partial charge < -0.3 is 4.74 Å². The number of nitrogens with zero attached hydrogens (tertiary/aromatic N) is 2. The summed E-state index contributed by atoms with van der Waals surface area (Å²) in [5.74, 6) is -0.279. The summed E-state index contributed by atoms with van der Waals surface area (Å²) in [6, 6.07) is 9.67. The lowest BCUT2D eigenvalue weighted by Gasteiger charge is -2.03. The highest BCUT2D eigenvalue weighted by atomic mass is 16.5. The summed E-state index contributed by atoms with van der Waals surface area (Å²) in [6.45, 7) is 3.94. The van der Waals surface area contributed by atoms with Crippen molar-refractivity contribution in [1.82, 2.24) is 9.78 Å². The number of ether oxygens (including phenoxy) is 1. The van der Waals surface area contributed by atoms with Crippen LogP contribution in [0.5, 0.6) is 0 Å². The third-order valence-corrected chi connectivity index (χ3v) is 2.64. The van der Waals surface area contributed by atoms with E-state index in [4.69, 9.17) is 4.74 Å². The number of benzene rings is 1. The van der Waals surface area contributed by atoms with Gasteiger partial charge in [-0.2, -0.15) is 5.10 Å². The van der Waals surface area contributed by atoms with Gasteiger partial charge in [0.2, 0.25) is 0 Å². The van der Waals surface area contributed by atoms with E-state index < -0.39 is 0 Å². The monoisotopic (exact) mass is 256 g/mol. The number of hydrogen-bond donors (Lipinski definition) is 0. The molecule has 0 N–H and O–H groups in total. The molecule has 2 aromatic rings. The minimum Gasteiger partial charge on any atom is -0.463 e. The Morgan fingerprint density at radius 2 is 2.11 bits per heavy atom. The van der Waals surface area contributed by atoms with Crippen molar-refractivity contribution in [2.45, 2.75) is 13.8 Å². The van der Waals surface area contributed by atoms with E-state index in [1.54, 1.807) is 24.7 Å². The SMILES string of the molecule is CCOC(=O)/C(C)=C/c1ccc(-n2cccn2)cc1. The number of carbonyl (C=O) groups excluding carboxylic acids is 1. The van der Waals surface area contributed by atoms with Crippen LogP contribution in [0.25, 0.3) is 11.8 Å². The average molecular weight is 256 g/mol. The van der Waals surface area contributed by atoms with Gasteiger partial charge in [-0.3, -0.25) is 0 Å². The van der Waals surface area contributed by atoms with Gasteiger partial charge in [0.25, 0.3) is 0 Å². The molecule has 0 aliphatic heterocycles. The lowest BCUT2D eigenvalue weighted by Crippen LogP contribution is -2.04. The fraction of sp³-hybridized carbons (Fsp3) is 0.200. The predicted octanol–water partition coefficient (Wildman–Crippen LogP) is 2.84. The van der Waals surface area contributed by atoms with Crippen LogP contribution in [0.3, 0.4) is 0 Å². The van der Waals surface area contributed by atoms with Gasteiger partial charge in [-0.25, -0.2) is 9.48 Å². The molecule has 4 nitrogen and oxygen atoms in total. The maximum Gasteiger partial charge on any atom is 0.333 e. The highest BCUT2D eigenvalue weighted by Crippen LogP contribution is 2.12. The van der Waals surface area contributed by atoms with Crippen LogP contribution in [-0.2, 0) is 9.53 Å². The number of esters is 1. The molecule has 98 valence electrons. The summed E-state index contributed by atoms with van der Waals surface area (Å²) in [5.41, 5.74) is 2.53. The molecule has 0 atom stereocenters. The molecular weight excluding hydrogens is 240 g/mol. The van der Waals surface area contributed by atoms with Crippen LogP contribution in [0.4, 0.5) is 0 Å². The molecule has 0 aliphatic carbocycles. The fourth-order valence-corrected chi connectivity index (χ4v) is 1.70. The second kappa shape index (κ2) is 6.00. The molecule has 0 amide bonds. The van der Waals surface area contributed by atoms with E-state index in [0.29, 0.717) is 12.2 Å². The quantitative estimate of drug-likeness (QED) is 0.624. The molecule has 0 saturated carbocycles. The van der Waals surface area contributed by atoms with E-state index in [1.807, 2.05) is 42.6 Å². The Morgan fingerprint density at radius 3 is 2.68 bits per heavy atom. The molecule has 0 unspecified atom stereocenters. The van der Waals surface area contributed by atoms with E-state index in [9.17, 15) is 4.79 Å². The van der Waals surface area contributed by atoms with Gasteiger partial charge in [-0.15, -0.1) is 0 Å². The molecule has 4 heteroatoms. The van der Waals surface area contributed by atoms with Crippen molar-refractivity contribution in [2.75, 3.05) is 6.61 Å². The van der Waals surface area contributed by atoms with Crippen LogP contribution >= 0.6 is 0 Å². The molecule has 1 aromatic heterocycles. The van der Waals surface area contributed by atoms with Crippen molar-refractivity contribution in [3.05, 3.63) is 53.9 Å². The molecule has 0 fully saturated rings. The van der Waals surface area contributed by atoms with Crippen LogP contribution in [-0.4, -0.2) is 22.4 Å². The van der Waals surface area contributed by atoms with Gasteiger partial charge in [0.1, 0.15) is 0 Å². The predicted molar refractivity (Wildman–Crippen MR) is 73.8 cm³/mol. The van der Waals surface area contributed by atoms with Gasteiger partial charge in [0.05, 0.1) is 12.3 Å². The topological polar surface area (TPSA) is 44.1 Å². The summed E-state index contributed by atoms with van der Waals surface area (Å²) < 4.78 is 6.72. The molecule has 0 radical (unpaired) electrons. The minimum atomic E-state index is -0.279. The van der Waals surface area contributed by atoms with E-state index >= 15 is 0 Å². The normalized spacial score (nSPS) is 11.4. The van der Waals surface area contributed by atoms with Crippen molar-refractivity contribution in [1.29, 1.82) is 0 Å². The van der Waals surface area contributed by atoms with Crippen LogP contribution in [0.15, 0.2) is 48.3 Å². The Bertz CT molecular complexity index is 569. The molecule has 1 aromatic carbocycles. The number of carbonyl (C=O) groups is 1. The zero-order chi connectivity index (χ0) is 13.7. The maximum absolute atomic E-state index is 11.5. The van der Waals surface area contributed by atoms with Gasteiger partial charge >= 0.3 is 5.97 Å². The molecule has 2 rings (SSSR count). The highest BCUT2D eigenvalue weighted by molar-refractivity contribution is 5.92. The Labute approximate surface area is 112 Å². The molecule has 0 bridgehead atoms. The lowest BCUT2D eigenvalue weighted by atomic mass is 10.1. The largest absolute Gasteiger partial charge is 0.463 e. The van der Waals surface area contributed by atoms with Gasteiger partial charge in [-0.1, -0.05) is 12.1 Å². The van der Waals surface area contributed by atoms with E-state index in [0.717, 1.165) is 11.3 Å². The Kier molecular flexibility index (Phi) is 4.13. The van der Waals surface area contributed by atoms with Crippen molar-refractivity contribution in [3.63, 3.8) is 0 Å². The molecule has 1 heterocycles. The maximum atomic E-state index is 11.5. The fourth-order valence-electron chi connectivity index (χ4n) is 1.70. The standard InChI is InChI=1S/C15H16N2O2/c1-3-19-15(18)12(2)11-13-5-7-14(8-6-13)17-10-4-9-16-17/h4-11H,3H2,1-2H3/b12-11+. The molecular formula is C15H16N2O2. The van der Waals surface area contributed by atoms with Crippen molar-refractivity contribution < 1.29 is 9.53 Å². The summed E-state index contributed by atoms with van der Waals surface area (Å²) in [7, 11) is 0. The van der Waals surface area contributed by atoms with E-state index in [-0.39, 0.29) is 5.97 Å². The van der Waals surface area contributed by atoms with Crippen LogP contribution in [0.2, 0.25) is 0 Å². The van der Waals surface area contributed by atoms with Crippen molar-refractivity contribution in [3.8, 4) is 5.69 Å². The Balaban J connectivity index is 2.15. The Morgan fingerprint density at radius 1 is 1.37 bits per heavy atom. The summed E-state index contributed by atoms with van der Waals surface area (Å²) in [5, 5.41) is 4.16. The number of hydrogen-bond acceptors (Lipinski definition) is 3. The second-order valence-electron chi connectivity index (χ2n) is 4.09. The first-order chi connectivity index (χ1) is 9.20. The van der Waals surface area contributed by atoms with Crippen LogP contribution in [0, 0.1) is 0 Å². The Hall–Kier alpha value is -2.36. The average Bonchev–Trinajstić information content (AvgIpc) is 2.94. The lowest BCUT2D eigenvalue weighted by molar-refractivity contribution is -0.138. The van der Waals surface area contributed by atoms with Gasteiger partial charge in [0, 0.05) is 18.0 Å². The highest BCUT2D eigenvalue weighted by Gasteiger charge is 2.04. The number of aromatic nitrogens is 2. The van der Waals surface area contributed by atoms with E-state index in [1.165, 1.54) is 0 Å². The first kappa shape index (κ1) is 13.1. The van der Waals surface area contributed by atoms with Crippen LogP contribution in [0.1, 0.15) is 19.4 Å². The van der Waals surface area contributed by atoms with Gasteiger partial charge in [0.15, 0.2) is 0 Å². The first-order valence-corrected chi connectivity index (χ1v) is 6.16. The molecule has 19 heavy (non-hydrogen) atoms. The van der Waals surface area contributed by atoms with E-state index in [2.05, 4.69) is 5.10 Å². The summed E-state index contributed by atoms with van der Waals surface area (Å²) in [6.07, 6.45) is 5.43. The molecule has 0 spiro atoms. The van der Waals surface area contributed by atoms with Gasteiger partial charge in [-0.05, 0) is 43.7 Å². The second-order valence-corrected chi connectivity index (χ2v) is 4.09. The number of rotatable bonds is 4. The third-order valence-electron chi connectivity index (χ3n) is 2.64. The summed E-state index contributed by atoms with van der Waals surface area (Å²) >= 11 is 0. The summed E-state index contributed by atoms with van der Waals surface area (Å²) in [4.78, 5) is 11.5.